The number of carbonyl (C=O) groups excluding carboxylic acids is 1. The van der Waals surface area contributed by atoms with Gasteiger partial charge in [0, 0.05) is 22.7 Å². The maximum Gasteiger partial charge on any atom is 0.261 e. The minimum atomic E-state index is -0.0633. The summed E-state index contributed by atoms with van der Waals surface area (Å²) in [5.41, 5.74) is 6.57. The number of nitrogens with two attached hydrogens (primary N) is 1. The molecule has 0 radical (unpaired) electrons. The number of nitrogen functional groups attached to an aromatic ring is 1. The second-order valence-electron chi connectivity index (χ2n) is 4.60. The van der Waals surface area contributed by atoms with Gasteiger partial charge in [-0.25, -0.2) is 4.98 Å². The fourth-order valence-electron chi connectivity index (χ4n) is 1.70. The third-order valence-corrected chi connectivity index (χ3v) is 3.77. The summed E-state index contributed by atoms with van der Waals surface area (Å²) in [7, 11) is 1.55. The molecular formula is C14H17N3O2S. The minimum absolute atomic E-state index is 0.0633. The van der Waals surface area contributed by atoms with Gasteiger partial charge in [-0.2, -0.15) is 0 Å². The average molecular weight is 291 g/mol. The molecule has 0 fully saturated rings. The van der Waals surface area contributed by atoms with E-state index in [-0.39, 0.29) is 11.9 Å². The number of amides is 1. The van der Waals surface area contributed by atoms with Gasteiger partial charge in [-0.1, -0.05) is 0 Å². The monoisotopic (exact) mass is 291 g/mol. The van der Waals surface area contributed by atoms with Crippen LogP contribution in [0.2, 0.25) is 0 Å². The van der Waals surface area contributed by atoms with E-state index in [1.54, 1.807) is 19.4 Å². The van der Waals surface area contributed by atoms with Gasteiger partial charge < -0.3 is 15.8 Å². The van der Waals surface area contributed by atoms with Gasteiger partial charge in [0.25, 0.3) is 5.91 Å². The number of nitrogens with zero attached hydrogens (tertiary/aromatic N) is 1. The zero-order chi connectivity index (χ0) is 14.7. The summed E-state index contributed by atoms with van der Waals surface area (Å²) in [6.45, 7) is 3.86. The second-order valence-corrected chi connectivity index (χ2v) is 5.69. The van der Waals surface area contributed by atoms with E-state index in [0.29, 0.717) is 16.4 Å². The van der Waals surface area contributed by atoms with Crippen LogP contribution in [-0.2, 0) is 0 Å². The van der Waals surface area contributed by atoms with Crippen LogP contribution in [0.4, 0.5) is 5.82 Å². The molecule has 2 aromatic rings. The van der Waals surface area contributed by atoms with Crippen LogP contribution in [0.25, 0.3) is 10.4 Å². The molecule has 5 nitrogen and oxygen atoms in total. The Kier molecular flexibility index (Phi) is 4.24. The Morgan fingerprint density at radius 3 is 2.85 bits per heavy atom. The predicted octanol–water partition coefficient (Wildman–Crippen LogP) is 2.54. The van der Waals surface area contributed by atoms with Gasteiger partial charge in [-0.3, -0.25) is 4.79 Å². The van der Waals surface area contributed by atoms with Crippen LogP contribution in [0.15, 0.2) is 24.4 Å². The standard InChI is InChI=1S/C14H17N3O2S/c1-8(2)17-14(18)12-5-4-11(20-12)9-6-10(19-3)13(15)16-7-9/h4-8H,1-3H3,(H2,15,16)(H,17,18). The smallest absolute Gasteiger partial charge is 0.261 e. The van der Waals surface area contributed by atoms with Crippen LogP contribution in [0.3, 0.4) is 0 Å². The SMILES string of the molecule is COc1cc(-c2ccc(C(=O)NC(C)C)s2)cnc1N. The quantitative estimate of drug-likeness (QED) is 0.907. The highest BCUT2D eigenvalue weighted by Crippen LogP contribution is 2.31. The summed E-state index contributed by atoms with van der Waals surface area (Å²) in [5.74, 6) is 0.821. The summed E-state index contributed by atoms with van der Waals surface area (Å²) in [4.78, 5) is 17.6. The molecule has 0 saturated heterocycles. The van der Waals surface area contributed by atoms with Crippen molar-refractivity contribution in [3.05, 3.63) is 29.3 Å². The largest absolute Gasteiger partial charge is 0.493 e. The van der Waals surface area contributed by atoms with Crippen molar-refractivity contribution in [2.75, 3.05) is 12.8 Å². The number of aromatic nitrogens is 1. The Balaban J connectivity index is 2.26. The highest BCUT2D eigenvalue weighted by atomic mass is 32.1. The normalized spacial score (nSPS) is 10.6. The van der Waals surface area contributed by atoms with Crippen LogP contribution in [0, 0.1) is 0 Å². The summed E-state index contributed by atoms with van der Waals surface area (Å²) in [6.07, 6.45) is 1.67. The number of hydrogen-bond donors (Lipinski definition) is 2. The Labute approximate surface area is 121 Å². The van der Waals surface area contributed by atoms with Crippen LogP contribution < -0.4 is 15.8 Å². The summed E-state index contributed by atoms with van der Waals surface area (Å²) < 4.78 is 5.15. The lowest BCUT2D eigenvalue weighted by Gasteiger charge is -2.06. The lowest BCUT2D eigenvalue weighted by Crippen LogP contribution is -2.29. The van der Waals surface area contributed by atoms with Gasteiger partial charge in [-0.05, 0) is 32.0 Å². The van der Waals surface area contributed by atoms with Gasteiger partial charge in [0.15, 0.2) is 11.6 Å². The first-order valence-electron chi connectivity index (χ1n) is 6.22. The molecule has 0 spiro atoms. The molecule has 0 aliphatic rings. The molecule has 0 atom stereocenters. The topological polar surface area (TPSA) is 77.2 Å². The first-order chi connectivity index (χ1) is 9.51. The number of hydrogen-bond acceptors (Lipinski definition) is 5. The number of nitrogens with one attached hydrogen (secondary N) is 1. The Bertz CT molecular complexity index is 623. The summed E-state index contributed by atoms with van der Waals surface area (Å²) >= 11 is 1.41. The average Bonchev–Trinajstić information content (AvgIpc) is 2.88. The minimum Gasteiger partial charge on any atom is -0.493 e. The third kappa shape index (κ3) is 3.08. The number of ether oxygens (including phenoxy) is 1. The lowest BCUT2D eigenvalue weighted by molar-refractivity contribution is 0.0947. The maximum absolute atomic E-state index is 11.9. The van der Waals surface area contributed by atoms with E-state index >= 15 is 0 Å². The summed E-state index contributed by atoms with van der Waals surface area (Å²) in [5, 5.41) is 2.87. The molecule has 0 unspecified atom stereocenters. The molecule has 1 amide bonds. The fraction of sp³-hybridized carbons (Fsp3) is 0.286. The van der Waals surface area contributed by atoms with Gasteiger partial charge in [0.1, 0.15) is 0 Å². The van der Waals surface area contributed by atoms with Gasteiger partial charge >= 0.3 is 0 Å². The van der Waals surface area contributed by atoms with Crippen molar-refractivity contribution in [3.63, 3.8) is 0 Å². The maximum atomic E-state index is 11.9. The number of anilines is 1. The second kappa shape index (κ2) is 5.92. The number of thiophene rings is 1. The zero-order valence-electron chi connectivity index (χ0n) is 11.6. The molecule has 2 aromatic heterocycles. The van der Waals surface area contributed by atoms with E-state index in [9.17, 15) is 4.79 Å². The van der Waals surface area contributed by atoms with E-state index < -0.39 is 0 Å². The van der Waals surface area contributed by atoms with Crippen LogP contribution >= 0.6 is 11.3 Å². The molecule has 0 aromatic carbocycles. The highest BCUT2D eigenvalue weighted by Gasteiger charge is 2.12. The van der Waals surface area contributed by atoms with Gasteiger partial charge in [0.2, 0.25) is 0 Å². The molecule has 2 rings (SSSR count). The first-order valence-corrected chi connectivity index (χ1v) is 7.03. The van der Waals surface area contributed by atoms with Crippen molar-refractivity contribution in [1.82, 2.24) is 10.3 Å². The number of pyridine rings is 1. The number of methoxy groups -OCH3 is 1. The third-order valence-electron chi connectivity index (χ3n) is 2.64. The van der Waals surface area contributed by atoms with Crippen LogP contribution in [-0.4, -0.2) is 24.0 Å². The Hall–Kier alpha value is -2.08. The lowest BCUT2D eigenvalue weighted by atomic mass is 10.2. The molecule has 20 heavy (non-hydrogen) atoms. The molecule has 6 heteroatoms. The van der Waals surface area contributed by atoms with Gasteiger partial charge in [-0.15, -0.1) is 11.3 Å². The Morgan fingerprint density at radius 1 is 1.45 bits per heavy atom. The molecule has 106 valence electrons. The van der Waals surface area contributed by atoms with Crippen molar-refractivity contribution in [3.8, 4) is 16.2 Å². The van der Waals surface area contributed by atoms with Crippen molar-refractivity contribution in [2.45, 2.75) is 19.9 Å². The van der Waals surface area contributed by atoms with E-state index in [1.807, 2.05) is 26.0 Å². The number of carbonyl (C=O) groups is 1. The molecule has 0 saturated carbocycles. The number of rotatable bonds is 4. The van der Waals surface area contributed by atoms with E-state index in [1.165, 1.54) is 11.3 Å². The molecule has 0 aliphatic carbocycles. The van der Waals surface area contributed by atoms with E-state index in [2.05, 4.69) is 10.3 Å². The van der Waals surface area contributed by atoms with Gasteiger partial charge in [0.05, 0.1) is 12.0 Å². The summed E-state index contributed by atoms with van der Waals surface area (Å²) in [6, 6.07) is 5.64. The molecular weight excluding hydrogens is 274 g/mol. The Morgan fingerprint density at radius 2 is 2.20 bits per heavy atom. The van der Waals surface area contributed by atoms with Crippen molar-refractivity contribution in [1.29, 1.82) is 0 Å². The molecule has 3 N–H and O–H groups in total. The van der Waals surface area contributed by atoms with E-state index in [4.69, 9.17) is 10.5 Å². The van der Waals surface area contributed by atoms with Crippen LogP contribution in [0.5, 0.6) is 5.75 Å². The first kappa shape index (κ1) is 14.3. The molecule has 0 aliphatic heterocycles. The van der Waals surface area contributed by atoms with Crippen molar-refractivity contribution in [2.24, 2.45) is 0 Å². The predicted molar refractivity (Wildman–Crippen MR) is 81.1 cm³/mol. The van der Waals surface area contributed by atoms with Crippen molar-refractivity contribution < 1.29 is 9.53 Å². The highest BCUT2D eigenvalue weighted by molar-refractivity contribution is 7.17. The molecule has 2 heterocycles. The fourth-order valence-corrected chi connectivity index (χ4v) is 2.59. The van der Waals surface area contributed by atoms with E-state index in [0.717, 1.165) is 10.4 Å². The van der Waals surface area contributed by atoms with Crippen LogP contribution in [0.1, 0.15) is 23.5 Å². The zero-order valence-corrected chi connectivity index (χ0v) is 12.5. The van der Waals surface area contributed by atoms with Crippen molar-refractivity contribution >= 4 is 23.1 Å². The molecule has 0 bridgehead atoms.